The van der Waals surface area contributed by atoms with Crippen LogP contribution in [-0.2, 0) is 23.3 Å². The van der Waals surface area contributed by atoms with Crippen LogP contribution in [0.4, 0.5) is 0 Å². The van der Waals surface area contributed by atoms with Crippen LogP contribution in [0.15, 0.2) is 45.9 Å². The van der Waals surface area contributed by atoms with Crippen molar-refractivity contribution in [3.63, 3.8) is 0 Å². The SMILES string of the molecule is CN=C(NCC(=O)NCc1ccccc1)NCc1ncc(C(C)(C)C)o1. The molecular weight excluding hydrogens is 330 g/mol. The van der Waals surface area contributed by atoms with E-state index in [9.17, 15) is 4.79 Å². The van der Waals surface area contributed by atoms with E-state index in [4.69, 9.17) is 4.42 Å². The Balaban J connectivity index is 1.73. The molecule has 3 N–H and O–H groups in total. The summed E-state index contributed by atoms with van der Waals surface area (Å²) in [5, 5.41) is 8.91. The van der Waals surface area contributed by atoms with Gasteiger partial charge in [-0.15, -0.1) is 0 Å². The Hall–Kier alpha value is -2.83. The number of hydrogen-bond donors (Lipinski definition) is 3. The topological polar surface area (TPSA) is 91.5 Å². The molecule has 1 heterocycles. The fourth-order valence-electron chi connectivity index (χ4n) is 2.14. The predicted molar refractivity (Wildman–Crippen MR) is 102 cm³/mol. The Morgan fingerprint density at radius 2 is 1.85 bits per heavy atom. The smallest absolute Gasteiger partial charge is 0.239 e. The molecule has 26 heavy (non-hydrogen) atoms. The third-order valence-electron chi connectivity index (χ3n) is 3.67. The van der Waals surface area contributed by atoms with E-state index in [0.717, 1.165) is 11.3 Å². The average molecular weight is 357 g/mol. The molecule has 0 saturated carbocycles. The number of oxazole rings is 1. The molecular formula is C19H27N5O2. The van der Waals surface area contributed by atoms with E-state index in [1.54, 1.807) is 13.2 Å². The summed E-state index contributed by atoms with van der Waals surface area (Å²) >= 11 is 0. The van der Waals surface area contributed by atoms with Crippen LogP contribution in [0.2, 0.25) is 0 Å². The minimum atomic E-state index is -0.108. The molecule has 0 aliphatic rings. The first-order valence-electron chi connectivity index (χ1n) is 8.59. The van der Waals surface area contributed by atoms with Crippen molar-refractivity contribution in [1.82, 2.24) is 20.9 Å². The van der Waals surface area contributed by atoms with Crippen molar-refractivity contribution < 1.29 is 9.21 Å². The van der Waals surface area contributed by atoms with Gasteiger partial charge in [0.2, 0.25) is 11.8 Å². The quantitative estimate of drug-likeness (QED) is 0.543. The average Bonchev–Trinajstić information content (AvgIpc) is 3.10. The summed E-state index contributed by atoms with van der Waals surface area (Å²) in [7, 11) is 1.65. The second-order valence-corrected chi connectivity index (χ2v) is 6.91. The van der Waals surface area contributed by atoms with Gasteiger partial charge in [0.1, 0.15) is 5.76 Å². The van der Waals surface area contributed by atoms with Gasteiger partial charge < -0.3 is 20.4 Å². The standard InChI is InChI=1S/C19H27N5O2/c1-19(2,3)15-11-22-17(26-15)13-24-18(20-4)23-12-16(25)21-10-14-8-6-5-7-9-14/h5-9,11H,10,12-13H2,1-4H3,(H,21,25)(H2,20,23,24). The molecule has 140 valence electrons. The number of nitrogens with zero attached hydrogens (tertiary/aromatic N) is 2. The zero-order chi connectivity index (χ0) is 19.0. The van der Waals surface area contributed by atoms with Crippen LogP contribution >= 0.6 is 0 Å². The highest BCUT2D eigenvalue weighted by Crippen LogP contribution is 2.22. The number of amides is 1. The van der Waals surface area contributed by atoms with Crippen LogP contribution in [0.25, 0.3) is 0 Å². The zero-order valence-corrected chi connectivity index (χ0v) is 15.8. The van der Waals surface area contributed by atoms with Crippen molar-refractivity contribution in [2.45, 2.75) is 39.3 Å². The first kappa shape index (κ1) is 19.5. The van der Waals surface area contributed by atoms with Gasteiger partial charge in [-0.25, -0.2) is 4.98 Å². The molecule has 0 aliphatic heterocycles. The monoisotopic (exact) mass is 357 g/mol. The van der Waals surface area contributed by atoms with E-state index >= 15 is 0 Å². The third-order valence-corrected chi connectivity index (χ3v) is 3.67. The van der Waals surface area contributed by atoms with Gasteiger partial charge in [-0.2, -0.15) is 0 Å². The molecule has 7 nitrogen and oxygen atoms in total. The van der Waals surface area contributed by atoms with Crippen molar-refractivity contribution in [3.05, 3.63) is 53.7 Å². The largest absolute Gasteiger partial charge is 0.443 e. The maximum atomic E-state index is 11.9. The molecule has 2 aromatic rings. The summed E-state index contributed by atoms with van der Waals surface area (Å²) in [6.07, 6.45) is 1.74. The Bertz CT molecular complexity index is 732. The van der Waals surface area contributed by atoms with E-state index in [1.807, 2.05) is 30.3 Å². The van der Waals surface area contributed by atoms with E-state index in [0.29, 0.717) is 24.9 Å². The predicted octanol–water partition coefficient (Wildman–Crippen LogP) is 1.95. The number of carbonyl (C=O) groups excluding carboxylic acids is 1. The zero-order valence-electron chi connectivity index (χ0n) is 15.8. The van der Waals surface area contributed by atoms with Gasteiger partial charge in [-0.05, 0) is 5.56 Å². The maximum Gasteiger partial charge on any atom is 0.239 e. The first-order valence-corrected chi connectivity index (χ1v) is 8.59. The van der Waals surface area contributed by atoms with Gasteiger partial charge in [0.25, 0.3) is 0 Å². The number of rotatable bonds is 6. The van der Waals surface area contributed by atoms with Gasteiger partial charge in [0, 0.05) is 19.0 Å². The highest BCUT2D eigenvalue weighted by atomic mass is 16.4. The summed E-state index contributed by atoms with van der Waals surface area (Å²) < 4.78 is 5.72. The second-order valence-electron chi connectivity index (χ2n) is 6.91. The molecule has 0 bridgehead atoms. The summed E-state index contributed by atoms with van der Waals surface area (Å²) in [6, 6.07) is 9.77. The number of nitrogens with one attached hydrogen (secondary N) is 3. The van der Waals surface area contributed by atoms with Crippen molar-refractivity contribution in [2.75, 3.05) is 13.6 Å². The molecule has 7 heteroatoms. The minimum absolute atomic E-state index is 0.0813. The number of guanidine groups is 1. The van der Waals surface area contributed by atoms with Crippen LogP contribution in [0.1, 0.15) is 38.0 Å². The summed E-state index contributed by atoms with van der Waals surface area (Å²) in [6.45, 7) is 7.23. The summed E-state index contributed by atoms with van der Waals surface area (Å²) in [5.74, 6) is 1.81. The molecule has 0 radical (unpaired) electrons. The lowest BCUT2D eigenvalue weighted by atomic mass is 9.94. The van der Waals surface area contributed by atoms with Crippen LogP contribution in [0.3, 0.4) is 0 Å². The van der Waals surface area contributed by atoms with E-state index < -0.39 is 0 Å². The van der Waals surface area contributed by atoms with E-state index in [2.05, 4.69) is 46.7 Å². The molecule has 0 saturated heterocycles. The molecule has 0 unspecified atom stereocenters. The first-order chi connectivity index (χ1) is 12.4. The lowest BCUT2D eigenvalue weighted by molar-refractivity contribution is -0.120. The Labute approximate surface area is 154 Å². The Morgan fingerprint density at radius 1 is 1.12 bits per heavy atom. The molecule has 1 amide bonds. The molecule has 0 spiro atoms. The molecule has 2 rings (SSSR count). The Morgan fingerprint density at radius 3 is 2.46 bits per heavy atom. The van der Waals surface area contributed by atoms with Crippen molar-refractivity contribution >= 4 is 11.9 Å². The highest BCUT2D eigenvalue weighted by Gasteiger charge is 2.19. The van der Waals surface area contributed by atoms with Gasteiger partial charge in [0.05, 0.1) is 19.3 Å². The molecule has 1 aromatic heterocycles. The van der Waals surface area contributed by atoms with Crippen LogP contribution in [-0.4, -0.2) is 30.4 Å². The molecule has 0 atom stereocenters. The molecule has 0 fully saturated rings. The second kappa shape index (κ2) is 9.03. The van der Waals surface area contributed by atoms with Crippen LogP contribution in [0.5, 0.6) is 0 Å². The summed E-state index contributed by atoms with van der Waals surface area (Å²) in [5.41, 5.74) is 0.976. The fourth-order valence-corrected chi connectivity index (χ4v) is 2.14. The normalized spacial score (nSPS) is 11.9. The van der Waals surface area contributed by atoms with Crippen LogP contribution < -0.4 is 16.0 Å². The van der Waals surface area contributed by atoms with Crippen molar-refractivity contribution in [3.8, 4) is 0 Å². The van der Waals surface area contributed by atoms with Gasteiger partial charge in [0.15, 0.2) is 5.96 Å². The van der Waals surface area contributed by atoms with E-state index in [-0.39, 0.29) is 17.9 Å². The van der Waals surface area contributed by atoms with Crippen molar-refractivity contribution in [2.24, 2.45) is 4.99 Å². The maximum absolute atomic E-state index is 11.9. The number of aromatic nitrogens is 1. The van der Waals surface area contributed by atoms with Gasteiger partial charge in [-0.3, -0.25) is 9.79 Å². The lowest BCUT2D eigenvalue weighted by Gasteiger charge is -2.13. The third kappa shape index (κ3) is 6.23. The van der Waals surface area contributed by atoms with Gasteiger partial charge in [-0.1, -0.05) is 51.1 Å². The highest BCUT2D eigenvalue weighted by molar-refractivity contribution is 5.86. The minimum Gasteiger partial charge on any atom is -0.443 e. The fraction of sp³-hybridized carbons (Fsp3) is 0.421. The molecule has 1 aromatic carbocycles. The number of aliphatic imine (C=N–C) groups is 1. The Kier molecular flexibility index (Phi) is 6.77. The number of benzene rings is 1. The number of carbonyl (C=O) groups is 1. The van der Waals surface area contributed by atoms with Crippen molar-refractivity contribution in [1.29, 1.82) is 0 Å². The summed E-state index contributed by atoms with van der Waals surface area (Å²) in [4.78, 5) is 20.3. The lowest BCUT2D eigenvalue weighted by Crippen LogP contribution is -2.42. The number of hydrogen-bond acceptors (Lipinski definition) is 4. The van der Waals surface area contributed by atoms with Crippen LogP contribution in [0, 0.1) is 0 Å². The molecule has 0 aliphatic carbocycles. The van der Waals surface area contributed by atoms with Gasteiger partial charge >= 0.3 is 0 Å². The van der Waals surface area contributed by atoms with E-state index in [1.165, 1.54) is 0 Å².